The molecular formula is C19H27FN2O5. The average Bonchev–Trinajstić information content (AvgIpc) is 2.49. The molecule has 3 amide bonds. The van der Waals surface area contributed by atoms with E-state index in [0.29, 0.717) is 0 Å². The van der Waals surface area contributed by atoms with E-state index in [1.165, 1.54) is 13.1 Å². The molecule has 8 heteroatoms. The van der Waals surface area contributed by atoms with Crippen molar-refractivity contribution in [3.8, 4) is 0 Å². The number of rotatable bonds is 3. The second kappa shape index (κ2) is 8.37. The molecule has 0 bridgehead atoms. The zero-order chi connectivity index (χ0) is 21.0. The summed E-state index contributed by atoms with van der Waals surface area (Å²) in [5.74, 6) is -1.16. The first kappa shape index (κ1) is 22.4. The fourth-order valence-corrected chi connectivity index (χ4v) is 2.04. The standard InChI is InChI=1S/C19H27FN2O5/c1-18(2,3)26-16(24)22(17(25)27-19(4,5)6)11-12-8-9-13(20)10-14(12)15(23)21-7/h8-10H,11H2,1-7H3,(H,21,23). The molecule has 0 aliphatic heterocycles. The fourth-order valence-electron chi connectivity index (χ4n) is 2.04. The van der Waals surface area contributed by atoms with Crippen molar-refractivity contribution in [2.45, 2.75) is 59.3 Å². The van der Waals surface area contributed by atoms with E-state index in [9.17, 15) is 18.8 Å². The van der Waals surface area contributed by atoms with Gasteiger partial charge in [-0.05, 0) is 59.2 Å². The van der Waals surface area contributed by atoms with E-state index >= 15 is 0 Å². The van der Waals surface area contributed by atoms with E-state index in [1.54, 1.807) is 41.5 Å². The zero-order valence-corrected chi connectivity index (χ0v) is 16.8. The van der Waals surface area contributed by atoms with Crippen molar-refractivity contribution < 1.29 is 28.2 Å². The highest BCUT2D eigenvalue weighted by atomic mass is 19.1. The number of imide groups is 1. The van der Waals surface area contributed by atoms with Crippen LogP contribution in [0.15, 0.2) is 18.2 Å². The van der Waals surface area contributed by atoms with Gasteiger partial charge in [0.1, 0.15) is 17.0 Å². The lowest BCUT2D eigenvalue weighted by molar-refractivity contribution is -0.000341. The molecule has 1 aromatic rings. The lowest BCUT2D eigenvalue weighted by Gasteiger charge is -2.29. The average molecular weight is 382 g/mol. The van der Waals surface area contributed by atoms with Crippen molar-refractivity contribution in [2.24, 2.45) is 0 Å². The van der Waals surface area contributed by atoms with Crippen molar-refractivity contribution in [1.29, 1.82) is 0 Å². The summed E-state index contributed by atoms with van der Waals surface area (Å²) in [6, 6.07) is 3.52. The van der Waals surface area contributed by atoms with Crippen LogP contribution < -0.4 is 5.32 Å². The monoisotopic (exact) mass is 382 g/mol. The molecule has 0 saturated heterocycles. The number of halogens is 1. The van der Waals surface area contributed by atoms with Gasteiger partial charge in [-0.3, -0.25) is 4.79 Å². The molecule has 0 aliphatic rings. The summed E-state index contributed by atoms with van der Waals surface area (Å²) in [6.07, 6.45) is -1.85. The molecule has 1 N–H and O–H groups in total. The number of amides is 3. The molecule has 0 aliphatic carbocycles. The Hall–Kier alpha value is -2.64. The molecule has 1 rings (SSSR count). The Morgan fingerprint density at radius 1 is 1.00 bits per heavy atom. The summed E-state index contributed by atoms with van der Waals surface area (Å²) in [6.45, 7) is 9.64. The Morgan fingerprint density at radius 3 is 1.89 bits per heavy atom. The molecule has 0 heterocycles. The van der Waals surface area contributed by atoms with Crippen molar-refractivity contribution >= 4 is 18.1 Å². The number of hydrogen-bond donors (Lipinski definition) is 1. The Labute approximate surface area is 158 Å². The van der Waals surface area contributed by atoms with Gasteiger partial charge in [0.2, 0.25) is 0 Å². The third kappa shape index (κ3) is 7.24. The number of ether oxygens (including phenoxy) is 2. The minimum absolute atomic E-state index is 0.00890. The van der Waals surface area contributed by atoms with E-state index in [-0.39, 0.29) is 17.7 Å². The van der Waals surface area contributed by atoms with Crippen LogP contribution in [0.2, 0.25) is 0 Å². The lowest BCUT2D eigenvalue weighted by Crippen LogP contribution is -2.43. The normalized spacial score (nSPS) is 11.6. The van der Waals surface area contributed by atoms with Gasteiger partial charge in [-0.1, -0.05) is 6.07 Å². The molecular weight excluding hydrogens is 355 g/mol. The second-order valence-corrected chi connectivity index (χ2v) is 7.93. The van der Waals surface area contributed by atoms with Crippen LogP contribution in [-0.4, -0.2) is 41.2 Å². The van der Waals surface area contributed by atoms with E-state index < -0.39 is 35.1 Å². The Morgan fingerprint density at radius 2 is 1.48 bits per heavy atom. The number of nitrogens with zero attached hydrogens (tertiary/aromatic N) is 1. The summed E-state index contributed by atoms with van der Waals surface area (Å²) >= 11 is 0. The van der Waals surface area contributed by atoms with Gasteiger partial charge in [0.15, 0.2) is 0 Å². The second-order valence-electron chi connectivity index (χ2n) is 7.93. The van der Waals surface area contributed by atoms with Crippen molar-refractivity contribution in [3.63, 3.8) is 0 Å². The van der Waals surface area contributed by atoms with Gasteiger partial charge >= 0.3 is 12.2 Å². The van der Waals surface area contributed by atoms with Crippen LogP contribution in [0.4, 0.5) is 14.0 Å². The van der Waals surface area contributed by atoms with Crippen molar-refractivity contribution in [1.82, 2.24) is 10.2 Å². The minimum Gasteiger partial charge on any atom is -0.443 e. The van der Waals surface area contributed by atoms with E-state index in [2.05, 4.69) is 5.32 Å². The largest absolute Gasteiger partial charge is 0.443 e. The van der Waals surface area contributed by atoms with Gasteiger partial charge < -0.3 is 14.8 Å². The number of carbonyl (C=O) groups is 3. The SMILES string of the molecule is CNC(=O)c1cc(F)ccc1CN(C(=O)OC(C)(C)C)C(=O)OC(C)(C)C. The molecule has 1 aromatic carbocycles. The number of nitrogens with one attached hydrogen (secondary N) is 1. The summed E-state index contributed by atoms with van der Waals surface area (Å²) in [5, 5.41) is 2.40. The smallest absolute Gasteiger partial charge is 0.420 e. The molecule has 0 saturated carbocycles. The number of carbonyl (C=O) groups excluding carboxylic acids is 3. The Kier molecular flexibility index (Phi) is 6.94. The minimum atomic E-state index is -0.927. The van der Waals surface area contributed by atoms with Gasteiger partial charge in [-0.25, -0.2) is 18.9 Å². The van der Waals surface area contributed by atoms with Crippen LogP contribution >= 0.6 is 0 Å². The molecule has 0 fully saturated rings. The fraction of sp³-hybridized carbons (Fsp3) is 0.526. The van der Waals surface area contributed by atoms with E-state index in [0.717, 1.165) is 17.0 Å². The van der Waals surface area contributed by atoms with Crippen LogP contribution in [-0.2, 0) is 16.0 Å². The predicted octanol–water partition coefficient (Wildman–Crippen LogP) is 3.86. The quantitative estimate of drug-likeness (QED) is 0.858. The first-order chi connectivity index (χ1) is 12.2. The highest BCUT2D eigenvalue weighted by Crippen LogP contribution is 2.19. The molecule has 7 nitrogen and oxygen atoms in total. The molecule has 0 radical (unpaired) electrons. The summed E-state index contributed by atoms with van der Waals surface area (Å²) in [4.78, 5) is 37.9. The zero-order valence-electron chi connectivity index (χ0n) is 16.8. The van der Waals surface area contributed by atoms with Crippen LogP contribution in [0.5, 0.6) is 0 Å². The van der Waals surface area contributed by atoms with Gasteiger partial charge in [0, 0.05) is 12.6 Å². The van der Waals surface area contributed by atoms with Crippen LogP contribution in [0, 0.1) is 5.82 Å². The van der Waals surface area contributed by atoms with Crippen LogP contribution in [0.1, 0.15) is 57.5 Å². The number of benzene rings is 1. The summed E-state index contributed by atoms with van der Waals surface area (Å²) in [7, 11) is 1.40. The molecule has 27 heavy (non-hydrogen) atoms. The van der Waals surface area contributed by atoms with Gasteiger partial charge in [-0.2, -0.15) is 0 Å². The predicted molar refractivity (Wildman–Crippen MR) is 97.8 cm³/mol. The third-order valence-electron chi connectivity index (χ3n) is 3.10. The molecule has 150 valence electrons. The summed E-state index contributed by atoms with van der Waals surface area (Å²) in [5.41, 5.74) is -1.41. The highest BCUT2D eigenvalue weighted by Gasteiger charge is 2.32. The van der Waals surface area contributed by atoms with Gasteiger partial charge in [0.25, 0.3) is 5.91 Å². The molecule has 0 atom stereocenters. The Bertz CT molecular complexity index is 692. The first-order valence-corrected chi connectivity index (χ1v) is 8.47. The lowest BCUT2D eigenvalue weighted by atomic mass is 10.1. The van der Waals surface area contributed by atoms with Crippen LogP contribution in [0.3, 0.4) is 0 Å². The third-order valence-corrected chi connectivity index (χ3v) is 3.10. The molecule has 0 unspecified atom stereocenters. The van der Waals surface area contributed by atoms with Gasteiger partial charge in [0.05, 0.1) is 6.54 Å². The summed E-state index contributed by atoms with van der Waals surface area (Å²) < 4.78 is 24.1. The van der Waals surface area contributed by atoms with Crippen molar-refractivity contribution in [3.05, 3.63) is 35.1 Å². The highest BCUT2D eigenvalue weighted by molar-refractivity contribution is 5.96. The molecule has 0 spiro atoms. The maximum Gasteiger partial charge on any atom is 0.420 e. The maximum atomic E-state index is 13.6. The van der Waals surface area contributed by atoms with Crippen molar-refractivity contribution in [2.75, 3.05) is 7.05 Å². The van der Waals surface area contributed by atoms with E-state index in [4.69, 9.17) is 9.47 Å². The van der Waals surface area contributed by atoms with Gasteiger partial charge in [-0.15, -0.1) is 0 Å². The number of hydrogen-bond acceptors (Lipinski definition) is 5. The Balaban J connectivity index is 3.27. The van der Waals surface area contributed by atoms with Crippen LogP contribution in [0.25, 0.3) is 0 Å². The first-order valence-electron chi connectivity index (χ1n) is 8.47. The molecule has 0 aromatic heterocycles. The topological polar surface area (TPSA) is 84.9 Å². The maximum absolute atomic E-state index is 13.6. The van der Waals surface area contributed by atoms with E-state index in [1.807, 2.05) is 0 Å².